The molecule has 5 heteroatoms. The highest BCUT2D eigenvalue weighted by Crippen LogP contribution is 2.43. The van der Waals surface area contributed by atoms with Crippen LogP contribution in [0.5, 0.6) is 0 Å². The molecule has 0 bridgehead atoms. The first-order valence-electron chi connectivity index (χ1n) is 7.50. The summed E-state index contributed by atoms with van der Waals surface area (Å²) >= 11 is 0. The second kappa shape index (κ2) is 6.37. The van der Waals surface area contributed by atoms with Crippen LogP contribution in [-0.4, -0.2) is 23.3 Å². The molecule has 0 aromatic carbocycles. The van der Waals surface area contributed by atoms with Crippen LogP contribution in [0.3, 0.4) is 0 Å². The lowest BCUT2D eigenvalue weighted by Gasteiger charge is -2.41. The van der Waals surface area contributed by atoms with Crippen molar-refractivity contribution in [1.82, 2.24) is 15.5 Å². The van der Waals surface area contributed by atoms with Crippen molar-refractivity contribution in [2.24, 2.45) is 5.41 Å². The van der Waals surface area contributed by atoms with Crippen LogP contribution in [0.25, 0.3) is 0 Å². The Kier molecular flexibility index (Phi) is 4.80. The van der Waals surface area contributed by atoms with Crippen LogP contribution in [0.2, 0.25) is 0 Å². The molecule has 1 saturated carbocycles. The van der Waals surface area contributed by atoms with Gasteiger partial charge in [0.2, 0.25) is 5.89 Å². The van der Waals surface area contributed by atoms with Gasteiger partial charge in [0.1, 0.15) is 0 Å². The minimum absolute atomic E-state index is 0.117. The molecule has 108 valence electrons. The Hall–Kier alpha value is -1.10. The van der Waals surface area contributed by atoms with Crippen molar-refractivity contribution >= 4 is 6.01 Å². The van der Waals surface area contributed by atoms with E-state index in [0.717, 1.165) is 19.5 Å². The lowest BCUT2D eigenvalue weighted by molar-refractivity contribution is 0.144. The summed E-state index contributed by atoms with van der Waals surface area (Å²) in [5, 5.41) is 14.8. The highest BCUT2D eigenvalue weighted by Gasteiger charge is 2.35. The number of anilines is 1. The topological polar surface area (TPSA) is 63.0 Å². The Balaban J connectivity index is 1.83. The van der Waals surface area contributed by atoms with Gasteiger partial charge in [-0.3, -0.25) is 0 Å². The monoisotopic (exact) mass is 266 g/mol. The second-order valence-electron chi connectivity index (χ2n) is 5.68. The normalized spacial score (nSPS) is 18.9. The summed E-state index contributed by atoms with van der Waals surface area (Å²) < 4.78 is 5.66. The van der Waals surface area contributed by atoms with Gasteiger partial charge in [0, 0.05) is 6.54 Å². The number of nitrogens with one attached hydrogen (secondary N) is 2. The van der Waals surface area contributed by atoms with Gasteiger partial charge in [0.15, 0.2) is 0 Å². The summed E-state index contributed by atoms with van der Waals surface area (Å²) in [6.45, 7) is 8.36. The number of rotatable bonds is 8. The lowest BCUT2D eigenvalue weighted by atomic mass is 9.67. The molecule has 5 nitrogen and oxygen atoms in total. The van der Waals surface area contributed by atoms with Crippen molar-refractivity contribution in [2.75, 3.05) is 18.4 Å². The molecule has 1 unspecified atom stereocenters. The van der Waals surface area contributed by atoms with E-state index in [9.17, 15) is 0 Å². The zero-order valence-electron chi connectivity index (χ0n) is 12.3. The SMILES string of the molecule is CCCNC(C)c1nnc(NCC2(CC)CCC2)o1. The number of aromatic nitrogens is 2. The molecule has 2 N–H and O–H groups in total. The number of hydrogen-bond donors (Lipinski definition) is 2. The van der Waals surface area contributed by atoms with Gasteiger partial charge < -0.3 is 15.1 Å². The predicted octanol–water partition coefficient (Wildman–Crippen LogP) is 3.12. The van der Waals surface area contributed by atoms with Crippen LogP contribution in [0.1, 0.15) is 64.8 Å². The molecule has 1 atom stereocenters. The Morgan fingerprint density at radius 3 is 2.68 bits per heavy atom. The Bertz CT molecular complexity index is 381. The third kappa shape index (κ3) is 3.47. The molecule has 1 aliphatic rings. The third-order valence-corrected chi connectivity index (χ3v) is 4.29. The Labute approximate surface area is 115 Å². The second-order valence-corrected chi connectivity index (χ2v) is 5.68. The van der Waals surface area contributed by atoms with Crippen molar-refractivity contribution in [3.8, 4) is 0 Å². The van der Waals surface area contributed by atoms with E-state index in [-0.39, 0.29) is 6.04 Å². The number of nitrogens with zero attached hydrogens (tertiary/aromatic N) is 2. The van der Waals surface area contributed by atoms with Crippen molar-refractivity contribution in [3.05, 3.63) is 5.89 Å². The average Bonchev–Trinajstić information content (AvgIpc) is 2.84. The molecule has 0 radical (unpaired) electrons. The highest BCUT2D eigenvalue weighted by atomic mass is 16.4. The van der Waals surface area contributed by atoms with Gasteiger partial charge in [-0.05, 0) is 44.6 Å². The fraction of sp³-hybridized carbons (Fsp3) is 0.857. The maximum atomic E-state index is 5.66. The van der Waals surface area contributed by atoms with E-state index in [1.165, 1.54) is 25.7 Å². The first-order valence-corrected chi connectivity index (χ1v) is 7.50. The molecular weight excluding hydrogens is 240 g/mol. The minimum atomic E-state index is 0.117. The summed E-state index contributed by atoms with van der Waals surface area (Å²) in [4.78, 5) is 0. The summed E-state index contributed by atoms with van der Waals surface area (Å²) in [6, 6.07) is 0.673. The van der Waals surface area contributed by atoms with E-state index in [4.69, 9.17) is 4.42 Å². The standard InChI is InChI=1S/C14H26N4O/c1-4-9-15-11(3)12-17-18-13(19-12)16-10-14(5-2)7-6-8-14/h11,15H,4-10H2,1-3H3,(H,16,18). The van der Waals surface area contributed by atoms with Crippen LogP contribution >= 0.6 is 0 Å². The smallest absolute Gasteiger partial charge is 0.315 e. The van der Waals surface area contributed by atoms with Crippen LogP contribution in [0, 0.1) is 5.41 Å². The summed E-state index contributed by atoms with van der Waals surface area (Å²) in [6.07, 6.45) is 6.29. The van der Waals surface area contributed by atoms with Gasteiger partial charge in [-0.25, -0.2) is 0 Å². The van der Waals surface area contributed by atoms with Gasteiger partial charge >= 0.3 is 6.01 Å². The summed E-state index contributed by atoms with van der Waals surface area (Å²) in [5.74, 6) is 0.662. The fourth-order valence-electron chi connectivity index (χ4n) is 2.52. The molecule has 1 aromatic rings. The molecule has 19 heavy (non-hydrogen) atoms. The van der Waals surface area contributed by atoms with Crippen LogP contribution in [0.15, 0.2) is 4.42 Å². The molecule has 0 saturated heterocycles. The molecule has 0 spiro atoms. The fourth-order valence-corrected chi connectivity index (χ4v) is 2.52. The molecule has 1 heterocycles. The maximum Gasteiger partial charge on any atom is 0.315 e. The average molecular weight is 266 g/mol. The zero-order chi connectivity index (χ0) is 13.7. The molecule has 0 aliphatic heterocycles. The van der Waals surface area contributed by atoms with Gasteiger partial charge in [0.05, 0.1) is 6.04 Å². The maximum absolute atomic E-state index is 5.66. The molecule has 2 rings (SSSR count). The molecule has 0 amide bonds. The van der Waals surface area contributed by atoms with E-state index in [0.29, 0.717) is 17.3 Å². The van der Waals surface area contributed by atoms with E-state index in [1.54, 1.807) is 0 Å². The van der Waals surface area contributed by atoms with Crippen LogP contribution in [-0.2, 0) is 0 Å². The van der Waals surface area contributed by atoms with E-state index >= 15 is 0 Å². The van der Waals surface area contributed by atoms with Crippen molar-refractivity contribution in [2.45, 2.75) is 58.9 Å². The van der Waals surface area contributed by atoms with Gasteiger partial charge in [-0.15, -0.1) is 5.10 Å². The van der Waals surface area contributed by atoms with Gasteiger partial charge in [-0.2, -0.15) is 0 Å². The molecule has 1 fully saturated rings. The predicted molar refractivity (Wildman–Crippen MR) is 76.1 cm³/mol. The molecular formula is C14H26N4O. The Morgan fingerprint density at radius 2 is 2.11 bits per heavy atom. The minimum Gasteiger partial charge on any atom is -0.406 e. The first kappa shape index (κ1) is 14.3. The molecule has 1 aliphatic carbocycles. The highest BCUT2D eigenvalue weighted by molar-refractivity contribution is 5.19. The van der Waals surface area contributed by atoms with Crippen molar-refractivity contribution < 1.29 is 4.42 Å². The van der Waals surface area contributed by atoms with E-state index in [1.807, 2.05) is 6.92 Å². The van der Waals surface area contributed by atoms with Crippen molar-refractivity contribution in [1.29, 1.82) is 0 Å². The van der Waals surface area contributed by atoms with Gasteiger partial charge in [-0.1, -0.05) is 25.4 Å². The largest absolute Gasteiger partial charge is 0.406 e. The Morgan fingerprint density at radius 1 is 1.32 bits per heavy atom. The van der Waals surface area contributed by atoms with Crippen LogP contribution < -0.4 is 10.6 Å². The quantitative estimate of drug-likeness (QED) is 0.757. The third-order valence-electron chi connectivity index (χ3n) is 4.29. The van der Waals surface area contributed by atoms with Crippen molar-refractivity contribution in [3.63, 3.8) is 0 Å². The number of hydrogen-bond acceptors (Lipinski definition) is 5. The summed E-state index contributed by atoms with van der Waals surface area (Å²) in [5.41, 5.74) is 0.459. The van der Waals surface area contributed by atoms with Gasteiger partial charge in [0.25, 0.3) is 0 Å². The van der Waals surface area contributed by atoms with Crippen LogP contribution in [0.4, 0.5) is 6.01 Å². The van der Waals surface area contributed by atoms with E-state index < -0.39 is 0 Å². The summed E-state index contributed by atoms with van der Waals surface area (Å²) in [7, 11) is 0. The zero-order valence-corrected chi connectivity index (χ0v) is 12.3. The lowest BCUT2D eigenvalue weighted by Crippen LogP contribution is -2.35. The first-order chi connectivity index (χ1) is 9.19. The van der Waals surface area contributed by atoms with E-state index in [2.05, 4.69) is 34.7 Å². The molecule has 1 aromatic heterocycles.